The van der Waals surface area contributed by atoms with Gasteiger partial charge in [0, 0.05) is 23.6 Å². The van der Waals surface area contributed by atoms with Crippen LogP contribution in [0.5, 0.6) is 0 Å². The van der Waals surface area contributed by atoms with E-state index in [9.17, 15) is 14.9 Å². The number of nitrogens with zero attached hydrogens (tertiary/aromatic N) is 1. The van der Waals surface area contributed by atoms with Gasteiger partial charge >= 0.3 is 0 Å². The number of nitro benzene ring substituents is 1. The lowest BCUT2D eigenvalue weighted by molar-refractivity contribution is -0.384. The van der Waals surface area contributed by atoms with Crippen LogP contribution in [0.3, 0.4) is 0 Å². The Balaban J connectivity index is 1.94. The Labute approximate surface area is 155 Å². The lowest BCUT2D eigenvalue weighted by Crippen LogP contribution is -2.03. The van der Waals surface area contributed by atoms with Gasteiger partial charge in [-0.05, 0) is 42.7 Å². The number of nitro groups is 1. The van der Waals surface area contributed by atoms with Gasteiger partial charge in [0.1, 0.15) is 5.00 Å². The van der Waals surface area contributed by atoms with E-state index in [4.69, 9.17) is 0 Å². The number of rotatable bonds is 6. The van der Waals surface area contributed by atoms with Gasteiger partial charge in [0.05, 0.1) is 10.5 Å². The number of nitrogens with one attached hydrogen (secondary N) is 1. The SMILES string of the molecule is CC(=O)c1c(NCc2ccccc2)sc(-c2ccc([N+](=O)[O-])cc2)c1C. The van der Waals surface area contributed by atoms with Crippen LogP contribution in [-0.2, 0) is 6.54 Å². The lowest BCUT2D eigenvalue weighted by atomic mass is 10.0. The maximum absolute atomic E-state index is 12.2. The summed E-state index contributed by atoms with van der Waals surface area (Å²) in [6, 6.07) is 16.4. The molecule has 6 heteroatoms. The first kappa shape index (κ1) is 17.8. The van der Waals surface area contributed by atoms with Gasteiger partial charge in [0.25, 0.3) is 5.69 Å². The molecule has 0 radical (unpaired) electrons. The molecule has 132 valence electrons. The van der Waals surface area contributed by atoms with Crippen molar-refractivity contribution < 1.29 is 9.72 Å². The summed E-state index contributed by atoms with van der Waals surface area (Å²) >= 11 is 1.50. The normalized spacial score (nSPS) is 10.5. The van der Waals surface area contributed by atoms with Crippen LogP contribution in [0, 0.1) is 17.0 Å². The van der Waals surface area contributed by atoms with E-state index in [1.54, 1.807) is 19.1 Å². The molecule has 3 aromatic rings. The summed E-state index contributed by atoms with van der Waals surface area (Å²) in [7, 11) is 0. The standard InChI is InChI=1S/C20H18N2O3S/c1-13-18(14(2)23)20(21-12-15-6-4-3-5-7-15)26-19(13)16-8-10-17(11-9-16)22(24)25/h3-11,21H,12H2,1-2H3. The van der Waals surface area contributed by atoms with E-state index in [1.165, 1.54) is 23.5 Å². The number of carbonyl (C=O) groups excluding carboxylic acids is 1. The van der Waals surface area contributed by atoms with Crippen molar-refractivity contribution in [3.8, 4) is 10.4 Å². The molecular weight excluding hydrogens is 348 g/mol. The highest BCUT2D eigenvalue weighted by atomic mass is 32.1. The minimum atomic E-state index is -0.418. The lowest BCUT2D eigenvalue weighted by Gasteiger charge is -2.06. The molecule has 0 unspecified atom stereocenters. The highest BCUT2D eigenvalue weighted by molar-refractivity contribution is 7.20. The van der Waals surface area contributed by atoms with Gasteiger partial charge < -0.3 is 5.32 Å². The fraction of sp³-hybridized carbons (Fsp3) is 0.150. The minimum absolute atomic E-state index is 0.00229. The van der Waals surface area contributed by atoms with Crippen molar-refractivity contribution in [3.63, 3.8) is 0 Å². The van der Waals surface area contributed by atoms with Crippen LogP contribution in [0.25, 0.3) is 10.4 Å². The molecule has 0 bridgehead atoms. The average Bonchev–Trinajstić information content (AvgIpc) is 2.97. The Morgan fingerprint density at radius 2 is 1.77 bits per heavy atom. The van der Waals surface area contributed by atoms with Gasteiger partial charge in [-0.2, -0.15) is 0 Å². The van der Waals surface area contributed by atoms with Gasteiger partial charge in [-0.3, -0.25) is 14.9 Å². The summed E-state index contributed by atoms with van der Waals surface area (Å²) in [5, 5.41) is 15.0. The molecule has 5 nitrogen and oxygen atoms in total. The van der Waals surface area contributed by atoms with E-state index in [2.05, 4.69) is 5.32 Å². The van der Waals surface area contributed by atoms with Crippen molar-refractivity contribution in [1.29, 1.82) is 0 Å². The molecule has 0 fully saturated rings. The number of hydrogen-bond acceptors (Lipinski definition) is 5. The van der Waals surface area contributed by atoms with Crippen molar-refractivity contribution in [2.75, 3.05) is 5.32 Å². The molecule has 0 aliphatic rings. The zero-order valence-corrected chi connectivity index (χ0v) is 15.3. The molecule has 3 rings (SSSR count). The predicted octanol–water partition coefficient (Wildman–Crippen LogP) is 5.45. The summed E-state index contributed by atoms with van der Waals surface area (Å²) in [6.07, 6.45) is 0. The van der Waals surface area contributed by atoms with Crippen LogP contribution in [-0.4, -0.2) is 10.7 Å². The van der Waals surface area contributed by atoms with Gasteiger partial charge in [0.15, 0.2) is 5.78 Å². The highest BCUT2D eigenvalue weighted by Crippen LogP contribution is 2.40. The van der Waals surface area contributed by atoms with Crippen LogP contribution in [0.4, 0.5) is 10.7 Å². The highest BCUT2D eigenvalue weighted by Gasteiger charge is 2.20. The topological polar surface area (TPSA) is 72.2 Å². The third-order valence-corrected chi connectivity index (χ3v) is 5.43. The molecule has 0 saturated carbocycles. The number of non-ortho nitro benzene ring substituents is 1. The number of Topliss-reactive ketones (excluding diaryl/α,β-unsaturated/α-hetero) is 1. The molecular formula is C20H18N2O3S. The molecule has 1 N–H and O–H groups in total. The van der Waals surface area contributed by atoms with Gasteiger partial charge in [0.2, 0.25) is 0 Å². The fourth-order valence-electron chi connectivity index (χ4n) is 2.85. The van der Waals surface area contributed by atoms with E-state index < -0.39 is 4.92 Å². The Bertz CT molecular complexity index is 947. The number of anilines is 1. The summed E-state index contributed by atoms with van der Waals surface area (Å²) in [6.45, 7) is 4.10. The van der Waals surface area contributed by atoms with Crippen LogP contribution in [0.2, 0.25) is 0 Å². The summed E-state index contributed by atoms with van der Waals surface area (Å²) in [5.74, 6) is 0.00229. The first-order chi connectivity index (χ1) is 12.5. The molecule has 0 atom stereocenters. The van der Waals surface area contributed by atoms with E-state index in [0.29, 0.717) is 12.1 Å². The summed E-state index contributed by atoms with van der Waals surface area (Å²) < 4.78 is 0. The molecule has 0 aliphatic carbocycles. The van der Waals surface area contributed by atoms with Crippen LogP contribution < -0.4 is 5.32 Å². The van der Waals surface area contributed by atoms with Crippen molar-refractivity contribution in [2.45, 2.75) is 20.4 Å². The second-order valence-corrected chi connectivity index (χ2v) is 6.98. The molecule has 0 aliphatic heterocycles. The number of thiophene rings is 1. The smallest absolute Gasteiger partial charge is 0.269 e. The number of ketones is 1. The summed E-state index contributed by atoms with van der Waals surface area (Å²) in [5.41, 5.74) is 3.63. The number of hydrogen-bond donors (Lipinski definition) is 1. The first-order valence-electron chi connectivity index (χ1n) is 8.14. The molecule has 0 amide bonds. The quantitative estimate of drug-likeness (QED) is 0.358. The van der Waals surface area contributed by atoms with E-state index in [-0.39, 0.29) is 11.5 Å². The zero-order chi connectivity index (χ0) is 18.7. The predicted molar refractivity (Wildman–Crippen MR) is 105 cm³/mol. The fourth-order valence-corrected chi connectivity index (χ4v) is 4.11. The maximum atomic E-state index is 12.2. The van der Waals surface area contributed by atoms with Gasteiger partial charge in [-0.25, -0.2) is 0 Å². The molecule has 26 heavy (non-hydrogen) atoms. The van der Waals surface area contributed by atoms with Crippen LogP contribution >= 0.6 is 11.3 Å². The van der Waals surface area contributed by atoms with E-state index in [0.717, 1.165) is 26.6 Å². The minimum Gasteiger partial charge on any atom is -0.372 e. The largest absolute Gasteiger partial charge is 0.372 e. The van der Waals surface area contributed by atoms with E-state index >= 15 is 0 Å². The molecule has 0 spiro atoms. The Morgan fingerprint density at radius 3 is 2.35 bits per heavy atom. The molecule has 2 aromatic carbocycles. The molecule has 1 heterocycles. The average molecular weight is 366 g/mol. The second kappa shape index (κ2) is 7.49. The Morgan fingerprint density at radius 1 is 1.12 bits per heavy atom. The number of carbonyl (C=O) groups is 1. The van der Waals surface area contributed by atoms with Gasteiger partial charge in [-0.1, -0.05) is 30.3 Å². The third kappa shape index (κ3) is 3.65. The van der Waals surface area contributed by atoms with Gasteiger partial charge in [-0.15, -0.1) is 11.3 Å². The summed E-state index contributed by atoms with van der Waals surface area (Å²) in [4.78, 5) is 23.5. The second-order valence-electron chi connectivity index (χ2n) is 5.96. The van der Waals surface area contributed by atoms with Crippen molar-refractivity contribution >= 4 is 27.8 Å². The van der Waals surface area contributed by atoms with Crippen LogP contribution in [0.1, 0.15) is 28.4 Å². The maximum Gasteiger partial charge on any atom is 0.269 e. The molecule has 1 aromatic heterocycles. The monoisotopic (exact) mass is 366 g/mol. The van der Waals surface area contributed by atoms with Crippen molar-refractivity contribution in [1.82, 2.24) is 0 Å². The Kier molecular flexibility index (Phi) is 5.14. The van der Waals surface area contributed by atoms with Crippen molar-refractivity contribution in [3.05, 3.63) is 81.4 Å². The van der Waals surface area contributed by atoms with E-state index in [1.807, 2.05) is 37.3 Å². The van der Waals surface area contributed by atoms with Crippen molar-refractivity contribution in [2.24, 2.45) is 0 Å². The first-order valence-corrected chi connectivity index (χ1v) is 8.96. The molecule has 0 saturated heterocycles. The third-order valence-electron chi connectivity index (χ3n) is 4.14. The zero-order valence-electron chi connectivity index (χ0n) is 14.5. The van der Waals surface area contributed by atoms with Crippen LogP contribution in [0.15, 0.2) is 54.6 Å². The number of benzene rings is 2. The Hall–Kier alpha value is -2.99.